The van der Waals surface area contributed by atoms with Gasteiger partial charge in [-0.3, -0.25) is 4.79 Å². The van der Waals surface area contributed by atoms with E-state index in [-0.39, 0.29) is 5.92 Å². The Morgan fingerprint density at radius 3 is 2.50 bits per heavy atom. The molecule has 1 N–H and O–H groups in total. The minimum absolute atomic E-state index is 0.0342. The summed E-state index contributed by atoms with van der Waals surface area (Å²) in [6.45, 7) is 5.65. The molecule has 0 aliphatic carbocycles. The summed E-state index contributed by atoms with van der Waals surface area (Å²) in [5.74, 6) is 0.0342. The third-order valence-electron chi connectivity index (χ3n) is 1.34. The lowest BCUT2D eigenvalue weighted by Crippen LogP contribution is -2.39. The molecule has 0 aliphatic heterocycles. The second-order valence-corrected chi connectivity index (χ2v) is 2.70. The Labute approximate surface area is 72.3 Å². The van der Waals surface area contributed by atoms with E-state index < -0.39 is 12.1 Å². The second kappa shape index (κ2) is 5.57. The molecule has 0 fully saturated rings. The third kappa shape index (κ3) is 3.95. The van der Waals surface area contributed by atoms with Gasteiger partial charge in [-0.2, -0.15) is 0 Å². The van der Waals surface area contributed by atoms with E-state index in [9.17, 15) is 9.59 Å². The van der Waals surface area contributed by atoms with Crippen LogP contribution in [0.2, 0.25) is 0 Å². The molecule has 0 aromatic carbocycles. The Morgan fingerprint density at radius 1 is 1.58 bits per heavy atom. The number of nitrogens with one attached hydrogen (secondary N) is 1. The number of hydrogen-bond donors (Lipinski definition) is 1. The molecule has 1 radical (unpaired) electrons. The summed E-state index contributed by atoms with van der Waals surface area (Å²) in [4.78, 5) is 21.1. The molecule has 1 atom stereocenters. The first-order valence-electron chi connectivity index (χ1n) is 3.92. The largest absolute Gasteiger partial charge is 0.450 e. The van der Waals surface area contributed by atoms with E-state index in [1.165, 1.54) is 0 Å². The SMILES string of the molecule is CCOC(=O)NC([C]=O)C(C)C. The average molecular weight is 172 g/mol. The van der Waals surface area contributed by atoms with Crippen molar-refractivity contribution in [2.45, 2.75) is 26.8 Å². The van der Waals surface area contributed by atoms with Gasteiger partial charge < -0.3 is 10.1 Å². The average Bonchev–Trinajstić information content (AvgIpc) is 2.00. The van der Waals surface area contributed by atoms with Crippen LogP contribution in [0, 0.1) is 5.92 Å². The molecule has 0 rings (SSSR count). The molecule has 1 amide bonds. The Balaban J connectivity index is 3.85. The van der Waals surface area contributed by atoms with Crippen LogP contribution in [-0.4, -0.2) is 25.0 Å². The van der Waals surface area contributed by atoms with Gasteiger partial charge in [0.15, 0.2) is 0 Å². The van der Waals surface area contributed by atoms with E-state index in [2.05, 4.69) is 10.1 Å². The smallest absolute Gasteiger partial charge is 0.407 e. The fourth-order valence-electron chi connectivity index (χ4n) is 0.632. The van der Waals surface area contributed by atoms with Gasteiger partial charge in [0, 0.05) is 0 Å². The first-order valence-corrected chi connectivity index (χ1v) is 3.92. The van der Waals surface area contributed by atoms with Crippen molar-refractivity contribution < 1.29 is 14.3 Å². The maximum atomic E-state index is 10.8. The van der Waals surface area contributed by atoms with Gasteiger partial charge in [0.25, 0.3) is 0 Å². The molecule has 0 heterocycles. The van der Waals surface area contributed by atoms with Gasteiger partial charge in [-0.15, -0.1) is 0 Å². The van der Waals surface area contributed by atoms with E-state index in [1.807, 2.05) is 13.8 Å². The molecule has 1 unspecified atom stereocenters. The van der Waals surface area contributed by atoms with Crippen molar-refractivity contribution in [1.29, 1.82) is 0 Å². The molecule has 4 nitrogen and oxygen atoms in total. The van der Waals surface area contributed by atoms with E-state index in [4.69, 9.17) is 0 Å². The zero-order valence-corrected chi connectivity index (χ0v) is 7.59. The number of amides is 1. The normalized spacial score (nSPS) is 12.3. The molecule has 0 spiro atoms. The van der Waals surface area contributed by atoms with Gasteiger partial charge in [0.1, 0.15) is 6.04 Å². The van der Waals surface area contributed by atoms with Crippen LogP contribution in [-0.2, 0) is 9.53 Å². The number of rotatable bonds is 4. The van der Waals surface area contributed by atoms with Crippen LogP contribution in [0.5, 0.6) is 0 Å². The van der Waals surface area contributed by atoms with E-state index in [0.717, 1.165) is 0 Å². The predicted molar refractivity (Wildman–Crippen MR) is 44.5 cm³/mol. The number of hydrogen-bond acceptors (Lipinski definition) is 3. The number of ether oxygens (including phenoxy) is 1. The van der Waals surface area contributed by atoms with Crippen LogP contribution in [0.4, 0.5) is 4.79 Å². The molecule has 0 saturated carbocycles. The summed E-state index contributed by atoms with van der Waals surface area (Å²) < 4.78 is 4.60. The maximum absolute atomic E-state index is 10.8. The number of alkyl carbamates (subject to hydrolysis) is 1. The number of carbonyl (C=O) groups excluding carboxylic acids is 2. The van der Waals surface area contributed by atoms with Crippen molar-refractivity contribution in [2.75, 3.05) is 6.61 Å². The zero-order chi connectivity index (χ0) is 9.56. The summed E-state index contributed by atoms with van der Waals surface area (Å²) in [5, 5.41) is 2.38. The summed E-state index contributed by atoms with van der Waals surface area (Å²) in [7, 11) is 0. The lowest BCUT2D eigenvalue weighted by Gasteiger charge is -2.14. The van der Waals surface area contributed by atoms with Crippen molar-refractivity contribution in [3.63, 3.8) is 0 Å². The standard InChI is InChI=1S/C8H14NO3/c1-4-12-8(11)9-7(5-10)6(2)3/h6-7H,4H2,1-3H3,(H,9,11). The quantitative estimate of drug-likeness (QED) is 0.684. The molecule has 4 heteroatoms. The Hall–Kier alpha value is -1.06. The van der Waals surface area contributed by atoms with Crippen molar-refractivity contribution in [3.8, 4) is 0 Å². The molecule has 0 aliphatic rings. The van der Waals surface area contributed by atoms with Crippen molar-refractivity contribution in [2.24, 2.45) is 5.92 Å². The summed E-state index contributed by atoms with van der Waals surface area (Å²) in [6, 6.07) is -0.580. The van der Waals surface area contributed by atoms with Gasteiger partial charge in [0.05, 0.1) is 6.61 Å². The fourth-order valence-corrected chi connectivity index (χ4v) is 0.632. The Kier molecular flexibility index (Phi) is 5.08. The van der Waals surface area contributed by atoms with Crippen LogP contribution in [0.25, 0.3) is 0 Å². The highest BCUT2D eigenvalue weighted by Crippen LogP contribution is 1.98. The molecular formula is C8H14NO3. The summed E-state index contributed by atoms with van der Waals surface area (Å²) >= 11 is 0. The minimum atomic E-state index is -0.580. The van der Waals surface area contributed by atoms with Crippen molar-refractivity contribution in [1.82, 2.24) is 5.32 Å². The van der Waals surface area contributed by atoms with Crippen molar-refractivity contribution >= 4 is 12.4 Å². The van der Waals surface area contributed by atoms with Crippen LogP contribution < -0.4 is 5.32 Å². The van der Waals surface area contributed by atoms with Gasteiger partial charge in [-0.05, 0) is 12.8 Å². The lowest BCUT2D eigenvalue weighted by atomic mass is 10.1. The van der Waals surface area contributed by atoms with Crippen LogP contribution in [0.3, 0.4) is 0 Å². The summed E-state index contributed by atoms with van der Waals surface area (Å²) in [5.41, 5.74) is 0. The van der Waals surface area contributed by atoms with Gasteiger partial charge in [-0.25, -0.2) is 4.79 Å². The molecular weight excluding hydrogens is 158 g/mol. The zero-order valence-electron chi connectivity index (χ0n) is 7.59. The molecule has 0 aromatic rings. The maximum Gasteiger partial charge on any atom is 0.407 e. The summed E-state index contributed by atoms with van der Waals surface area (Å²) in [6.07, 6.45) is 1.16. The molecule has 12 heavy (non-hydrogen) atoms. The highest BCUT2D eigenvalue weighted by Gasteiger charge is 2.15. The van der Waals surface area contributed by atoms with Gasteiger partial charge in [0.2, 0.25) is 6.29 Å². The first kappa shape index (κ1) is 10.9. The Morgan fingerprint density at radius 2 is 2.17 bits per heavy atom. The lowest BCUT2D eigenvalue weighted by molar-refractivity contribution is 0.148. The second-order valence-electron chi connectivity index (χ2n) is 2.70. The third-order valence-corrected chi connectivity index (χ3v) is 1.34. The van der Waals surface area contributed by atoms with E-state index in [1.54, 1.807) is 13.2 Å². The predicted octanol–water partition coefficient (Wildman–Crippen LogP) is 0.867. The molecule has 69 valence electrons. The highest BCUT2D eigenvalue weighted by atomic mass is 16.5. The van der Waals surface area contributed by atoms with E-state index in [0.29, 0.717) is 6.61 Å². The van der Waals surface area contributed by atoms with E-state index >= 15 is 0 Å². The number of carbonyl (C=O) groups is 1. The fraction of sp³-hybridized carbons (Fsp3) is 0.750. The van der Waals surface area contributed by atoms with Gasteiger partial charge in [-0.1, -0.05) is 13.8 Å². The van der Waals surface area contributed by atoms with Crippen LogP contribution >= 0.6 is 0 Å². The molecule has 0 saturated heterocycles. The minimum Gasteiger partial charge on any atom is -0.450 e. The van der Waals surface area contributed by atoms with Gasteiger partial charge >= 0.3 is 6.09 Å². The molecule has 0 bridgehead atoms. The monoisotopic (exact) mass is 172 g/mol. The van der Waals surface area contributed by atoms with Crippen molar-refractivity contribution in [3.05, 3.63) is 0 Å². The highest BCUT2D eigenvalue weighted by molar-refractivity contribution is 5.73. The first-order chi connectivity index (χ1) is 5.61. The topological polar surface area (TPSA) is 55.4 Å². The van der Waals surface area contributed by atoms with Crippen LogP contribution in [0.1, 0.15) is 20.8 Å². The Bertz CT molecular complexity index is 156. The van der Waals surface area contributed by atoms with Crippen LogP contribution in [0.15, 0.2) is 0 Å². The molecule has 0 aromatic heterocycles.